The molecular formula is C4H13O6PSi. The lowest BCUT2D eigenvalue weighted by Crippen LogP contribution is -2.37. The maximum absolute atomic E-state index is 10.9. The quantitative estimate of drug-likeness (QED) is 0.361. The van der Waals surface area contributed by atoms with E-state index in [-0.39, 0.29) is 6.16 Å². The Balaban J connectivity index is 3.96. The van der Waals surface area contributed by atoms with E-state index < -0.39 is 16.6 Å². The fourth-order valence-electron chi connectivity index (χ4n) is 0.595. The van der Waals surface area contributed by atoms with Gasteiger partial charge in [-0.1, -0.05) is 13.3 Å². The van der Waals surface area contributed by atoms with Crippen molar-refractivity contribution in [1.82, 2.24) is 0 Å². The van der Waals surface area contributed by atoms with Crippen molar-refractivity contribution in [3.63, 3.8) is 0 Å². The van der Waals surface area contributed by atoms with Crippen LogP contribution in [0.25, 0.3) is 0 Å². The predicted octanol–water partition coefficient (Wildman–Crippen LogP) is -0.599. The molecule has 6 nitrogen and oxygen atoms in total. The summed E-state index contributed by atoms with van der Waals surface area (Å²) in [6.07, 6.45) is 0.933. The highest BCUT2D eigenvalue weighted by Crippen LogP contribution is 2.44. The van der Waals surface area contributed by atoms with Gasteiger partial charge in [-0.2, -0.15) is 0 Å². The van der Waals surface area contributed by atoms with Gasteiger partial charge in [-0.05, 0) is 6.42 Å². The van der Waals surface area contributed by atoms with Gasteiger partial charge in [-0.25, -0.2) is 0 Å². The summed E-state index contributed by atoms with van der Waals surface area (Å²) in [5, 5.41) is 0. The summed E-state index contributed by atoms with van der Waals surface area (Å²) in [5.41, 5.74) is 0. The molecule has 0 saturated heterocycles. The Kier molecular flexibility index (Phi) is 4.57. The van der Waals surface area contributed by atoms with Crippen molar-refractivity contribution in [2.75, 3.05) is 6.16 Å². The van der Waals surface area contributed by atoms with E-state index in [1.165, 1.54) is 0 Å². The minimum atomic E-state index is -4.86. The molecular weight excluding hydrogens is 203 g/mol. The van der Waals surface area contributed by atoms with Crippen LogP contribution in [-0.4, -0.2) is 34.5 Å². The first kappa shape index (κ1) is 12.2. The summed E-state index contributed by atoms with van der Waals surface area (Å²) >= 11 is 0. The SMILES string of the molecule is CCCCP(=O)(O)O[Si](O)(O)O. The van der Waals surface area contributed by atoms with E-state index in [9.17, 15) is 4.57 Å². The van der Waals surface area contributed by atoms with Crippen molar-refractivity contribution in [2.24, 2.45) is 0 Å². The highest BCUT2D eigenvalue weighted by atomic mass is 31.2. The lowest BCUT2D eigenvalue weighted by atomic mass is 10.4. The van der Waals surface area contributed by atoms with Gasteiger partial charge in [-0.3, -0.25) is 8.78 Å². The lowest BCUT2D eigenvalue weighted by molar-refractivity contribution is 0.121. The average Bonchev–Trinajstić information content (AvgIpc) is 1.78. The molecule has 0 aliphatic carbocycles. The third-order valence-corrected chi connectivity index (χ3v) is 4.06. The summed E-state index contributed by atoms with van der Waals surface area (Å²) in [5.74, 6) is 0. The van der Waals surface area contributed by atoms with Gasteiger partial charge in [0.1, 0.15) is 0 Å². The Bertz CT molecular complexity index is 177. The van der Waals surface area contributed by atoms with E-state index in [2.05, 4.69) is 4.21 Å². The fraction of sp³-hybridized carbons (Fsp3) is 1.00. The molecule has 0 aromatic rings. The topological polar surface area (TPSA) is 107 Å². The van der Waals surface area contributed by atoms with Gasteiger partial charge in [0.05, 0.1) is 0 Å². The molecule has 0 aliphatic rings. The molecule has 0 aromatic heterocycles. The van der Waals surface area contributed by atoms with Gasteiger partial charge in [0.25, 0.3) is 0 Å². The summed E-state index contributed by atoms with van der Waals surface area (Å²) in [6, 6.07) is 0. The van der Waals surface area contributed by atoms with Crippen LogP contribution >= 0.6 is 7.60 Å². The first-order valence-electron chi connectivity index (χ1n) is 3.46. The Hall–Kier alpha value is 0.247. The molecule has 0 rings (SSSR count). The van der Waals surface area contributed by atoms with Crippen LogP contribution in [0.15, 0.2) is 0 Å². The molecule has 74 valence electrons. The molecule has 0 amide bonds. The van der Waals surface area contributed by atoms with E-state index in [1.54, 1.807) is 0 Å². The monoisotopic (exact) mass is 216 g/mol. The van der Waals surface area contributed by atoms with Gasteiger partial charge in [0, 0.05) is 6.16 Å². The van der Waals surface area contributed by atoms with Crippen molar-refractivity contribution in [2.45, 2.75) is 19.8 Å². The van der Waals surface area contributed by atoms with Crippen molar-refractivity contribution in [3.8, 4) is 0 Å². The summed E-state index contributed by atoms with van der Waals surface area (Å²) in [7, 11) is -8.87. The molecule has 0 heterocycles. The number of unbranched alkanes of at least 4 members (excludes halogenated alkanes) is 1. The van der Waals surface area contributed by atoms with Crippen LogP contribution in [0, 0.1) is 0 Å². The summed E-state index contributed by atoms with van der Waals surface area (Å²) < 4.78 is 14.7. The average molecular weight is 216 g/mol. The molecule has 8 heteroatoms. The van der Waals surface area contributed by atoms with Crippen LogP contribution in [0.2, 0.25) is 0 Å². The summed E-state index contributed by atoms with van der Waals surface area (Å²) in [4.78, 5) is 33.9. The Morgan fingerprint density at radius 2 is 1.92 bits per heavy atom. The Morgan fingerprint density at radius 3 is 2.25 bits per heavy atom. The molecule has 0 radical (unpaired) electrons. The molecule has 0 spiro atoms. The second kappa shape index (κ2) is 4.47. The zero-order chi connectivity index (χ0) is 9.83. The van der Waals surface area contributed by atoms with Crippen molar-refractivity contribution < 1.29 is 28.1 Å². The fourth-order valence-corrected chi connectivity index (χ4v) is 3.21. The molecule has 1 atom stereocenters. The van der Waals surface area contributed by atoms with Crippen LogP contribution < -0.4 is 0 Å². The minimum absolute atomic E-state index is 0.181. The van der Waals surface area contributed by atoms with E-state index in [1.807, 2.05) is 6.92 Å². The van der Waals surface area contributed by atoms with E-state index in [0.29, 0.717) is 12.8 Å². The molecule has 1 unspecified atom stereocenters. The first-order chi connectivity index (χ1) is 5.27. The van der Waals surface area contributed by atoms with Crippen molar-refractivity contribution in [3.05, 3.63) is 0 Å². The van der Waals surface area contributed by atoms with Crippen molar-refractivity contribution in [1.29, 1.82) is 0 Å². The molecule has 0 aliphatic heterocycles. The predicted molar refractivity (Wildman–Crippen MR) is 43.1 cm³/mol. The Morgan fingerprint density at radius 1 is 1.42 bits per heavy atom. The van der Waals surface area contributed by atoms with Crippen LogP contribution in [-0.2, 0) is 8.78 Å². The second-order valence-corrected chi connectivity index (χ2v) is 5.98. The number of rotatable bonds is 5. The zero-order valence-corrected chi connectivity index (χ0v) is 8.57. The van der Waals surface area contributed by atoms with Gasteiger partial charge >= 0.3 is 16.6 Å². The van der Waals surface area contributed by atoms with Gasteiger partial charge in [0.15, 0.2) is 0 Å². The normalized spacial score (nSPS) is 17.4. The standard InChI is InChI=1S/C4H13O6PSi/c1-2-3-4-11(5,6)10-12(7,8)9/h7-9H,2-4H2,1H3,(H,5,6). The molecule has 0 saturated carbocycles. The summed E-state index contributed by atoms with van der Waals surface area (Å²) in [6.45, 7) is 1.81. The molecule has 12 heavy (non-hydrogen) atoms. The van der Waals surface area contributed by atoms with E-state index >= 15 is 0 Å². The van der Waals surface area contributed by atoms with E-state index in [0.717, 1.165) is 0 Å². The lowest BCUT2D eigenvalue weighted by Gasteiger charge is -2.15. The zero-order valence-electron chi connectivity index (χ0n) is 6.67. The second-order valence-electron chi connectivity index (χ2n) is 2.38. The number of hydrogen-bond acceptors (Lipinski definition) is 5. The smallest absolute Gasteiger partial charge is 0.367 e. The highest BCUT2D eigenvalue weighted by molar-refractivity contribution is 7.54. The molecule has 0 fully saturated rings. The Labute approximate surface area is 71.5 Å². The first-order valence-corrected chi connectivity index (χ1v) is 6.98. The highest BCUT2D eigenvalue weighted by Gasteiger charge is 2.39. The van der Waals surface area contributed by atoms with Crippen molar-refractivity contribution >= 4 is 16.6 Å². The van der Waals surface area contributed by atoms with Crippen LogP contribution in [0.5, 0.6) is 0 Å². The minimum Gasteiger partial charge on any atom is -0.367 e. The van der Waals surface area contributed by atoms with Gasteiger partial charge in [0.2, 0.25) is 0 Å². The third kappa shape index (κ3) is 6.93. The third-order valence-electron chi connectivity index (χ3n) is 1.06. The van der Waals surface area contributed by atoms with Crippen LogP contribution in [0.4, 0.5) is 0 Å². The molecule has 0 bridgehead atoms. The number of hydrogen-bond donors (Lipinski definition) is 4. The van der Waals surface area contributed by atoms with E-state index in [4.69, 9.17) is 19.3 Å². The maximum atomic E-state index is 10.9. The van der Waals surface area contributed by atoms with Gasteiger partial charge in [-0.15, -0.1) is 0 Å². The van der Waals surface area contributed by atoms with Crippen LogP contribution in [0.1, 0.15) is 19.8 Å². The maximum Gasteiger partial charge on any atom is 0.678 e. The van der Waals surface area contributed by atoms with Crippen LogP contribution in [0.3, 0.4) is 0 Å². The molecule has 0 aromatic carbocycles. The van der Waals surface area contributed by atoms with Gasteiger partial charge < -0.3 is 19.3 Å². The largest absolute Gasteiger partial charge is 0.678 e. The molecule has 4 N–H and O–H groups in total.